The van der Waals surface area contributed by atoms with E-state index in [0.29, 0.717) is 0 Å². The third kappa shape index (κ3) is 9.40. The van der Waals surface area contributed by atoms with E-state index >= 15 is 0 Å². The summed E-state index contributed by atoms with van der Waals surface area (Å²) >= 11 is 0. The van der Waals surface area contributed by atoms with E-state index in [1.165, 1.54) is 70.2 Å². The molecule has 180 valence electrons. The van der Waals surface area contributed by atoms with E-state index in [1.54, 1.807) is 11.1 Å². The van der Waals surface area contributed by atoms with Gasteiger partial charge in [-0.1, -0.05) is 94.9 Å². The van der Waals surface area contributed by atoms with E-state index in [0.717, 1.165) is 0 Å². The molecule has 0 saturated carbocycles. The Labute approximate surface area is 230 Å². The monoisotopic (exact) mass is 551 g/mol. The number of rotatable bonds is 4. The predicted octanol–water partition coefficient (Wildman–Crippen LogP) is 2.59. The van der Waals surface area contributed by atoms with Crippen molar-refractivity contribution in [3.05, 3.63) is 86.0 Å². The molecule has 0 heterocycles. The molecular weight excluding hydrogens is 510 g/mol. The van der Waals surface area contributed by atoms with Crippen LogP contribution >= 0.6 is 0 Å². The molecular formula is C29H43Cl2Zr-3. The summed E-state index contributed by atoms with van der Waals surface area (Å²) < 4.78 is 0. The van der Waals surface area contributed by atoms with Crippen molar-refractivity contribution in [2.75, 3.05) is 0 Å². The van der Waals surface area contributed by atoms with Crippen LogP contribution in [0, 0.1) is 55.4 Å². The second-order valence-corrected chi connectivity index (χ2v) is 8.42. The van der Waals surface area contributed by atoms with Crippen LogP contribution < -0.4 is 24.8 Å². The molecule has 3 rings (SSSR count). The summed E-state index contributed by atoms with van der Waals surface area (Å²) in [6.07, 6.45) is 4.99. The third-order valence-corrected chi connectivity index (χ3v) is 6.74. The van der Waals surface area contributed by atoms with Crippen molar-refractivity contribution < 1.29 is 51.0 Å². The second kappa shape index (κ2) is 17.9. The van der Waals surface area contributed by atoms with Gasteiger partial charge in [-0.2, -0.15) is 73.8 Å². The summed E-state index contributed by atoms with van der Waals surface area (Å²) in [4.78, 5) is 0. The van der Waals surface area contributed by atoms with Crippen LogP contribution in [0.2, 0.25) is 0 Å². The van der Waals surface area contributed by atoms with Crippen molar-refractivity contribution in [1.29, 1.82) is 0 Å². The Bertz CT molecular complexity index is 736. The smallest absolute Gasteiger partial charge is 1.00 e. The topological polar surface area (TPSA) is 0 Å². The molecule has 0 nitrogen and oxygen atoms in total. The molecule has 0 fully saturated rings. The van der Waals surface area contributed by atoms with Crippen molar-refractivity contribution in [3.8, 4) is 0 Å². The van der Waals surface area contributed by atoms with Gasteiger partial charge in [0.15, 0.2) is 0 Å². The van der Waals surface area contributed by atoms with Gasteiger partial charge >= 0.3 is 26.2 Å². The van der Waals surface area contributed by atoms with Gasteiger partial charge in [0.1, 0.15) is 0 Å². The summed E-state index contributed by atoms with van der Waals surface area (Å²) in [6.45, 7) is 22.4. The van der Waals surface area contributed by atoms with E-state index in [2.05, 4.69) is 69.2 Å². The first-order valence-corrected chi connectivity index (χ1v) is 11.3. The molecule has 3 aromatic rings. The van der Waals surface area contributed by atoms with Crippen LogP contribution in [0.15, 0.2) is 30.3 Å². The Hall–Kier alpha value is -0.487. The first kappa shape index (κ1) is 36.1. The Morgan fingerprint density at radius 1 is 0.562 bits per heavy atom. The maximum Gasteiger partial charge on any atom is 2.00 e. The van der Waals surface area contributed by atoms with Gasteiger partial charge in [-0.15, -0.1) is 0 Å². The fourth-order valence-electron chi connectivity index (χ4n) is 4.16. The van der Waals surface area contributed by atoms with Crippen LogP contribution in [0.25, 0.3) is 0 Å². The Morgan fingerprint density at radius 3 is 0.969 bits per heavy atom. The molecule has 3 aromatic carbocycles. The number of halogens is 2. The zero-order chi connectivity index (χ0) is 22.1. The van der Waals surface area contributed by atoms with Crippen molar-refractivity contribution in [3.63, 3.8) is 0 Å². The maximum absolute atomic E-state index is 2.25. The second-order valence-electron chi connectivity index (χ2n) is 8.42. The van der Waals surface area contributed by atoms with Crippen molar-refractivity contribution in [2.24, 2.45) is 0 Å². The minimum absolute atomic E-state index is 0. The van der Waals surface area contributed by atoms with Gasteiger partial charge in [-0.25, -0.2) is 12.1 Å². The maximum atomic E-state index is 2.25. The van der Waals surface area contributed by atoms with E-state index in [1.807, 2.05) is 30.3 Å². The molecule has 3 heteroatoms. The van der Waals surface area contributed by atoms with E-state index in [4.69, 9.17) is 0 Å². The van der Waals surface area contributed by atoms with Crippen LogP contribution in [-0.2, 0) is 39.0 Å². The summed E-state index contributed by atoms with van der Waals surface area (Å²) in [5.41, 5.74) is 15.2. The van der Waals surface area contributed by atoms with Crippen LogP contribution in [0.4, 0.5) is 0 Å². The van der Waals surface area contributed by atoms with Gasteiger partial charge in [0, 0.05) is 0 Å². The van der Waals surface area contributed by atoms with Gasteiger partial charge in [0.2, 0.25) is 0 Å². The molecule has 0 aliphatic rings. The van der Waals surface area contributed by atoms with Crippen LogP contribution in [0.5, 0.6) is 0 Å². The van der Waals surface area contributed by atoms with Gasteiger partial charge in [0.05, 0.1) is 0 Å². The fourth-order valence-corrected chi connectivity index (χ4v) is 4.16. The first-order chi connectivity index (χ1) is 13.7. The molecule has 0 bridgehead atoms. The minimum atomic E-state index is 0. The molecule has 0 unspecified atom stereocenters. The quantitative estimate of drug-likeness (QED) is 0.436. The average molecular weight is 554 g/mol. The van der Waals surface area contributed by atoms with Gasteiger partial charge in [0.25, 0.3) is 0 Å². The molecule has 0 atom stereocenters. The molecule has 32 heavy (non-hydrogen) atoms. The van der Waals surface area contributed by atoms with Gasteiger partial charge in [-0.3, -0.25) is 0 Å². The number of hydrogen-bond acceptors (Lipinski definition) is 0. The molecule has 0 aliphatic heterocycles. The Morgan fingerprint density at radius 2 is 0.812 bits per heavy atom. The van der Waals surface area contributed by atoms with E-state index in [9.17, 15) is 0 Å². The van der Waals surface area contributed by atoms with Crippen LogP contribution in [0.3, 0.4) is 0 Å². The van der Waals surface area contributed by atoms with Crippen molar-refractivity contribution in [2.45, 2.75) is 94.9 Å². The summed E-state index contributed by atoms with van der Waals surface area (Å²) in [7, 11) is 0. The zero-order valence-electron chi connectivity index (χ0n) is 22.0. The Balaban J connectivity index is -0.000000402. The normalized spacial score (nSPS) is 9.31. The van der Waals surface area contributed by atoms with E-state index < -0.39 is 0 Å². The Kier molecular flexibility index (Phi) is 20.2. The van der Waals surface area contributed by atoms with E-state index in [-0.39, 0.29) is 51.0 Å². The predicted molar refractivity (Wildman–Crippen MR) is 132 cm³/mol. The van der Waals surface area contributed by atoms with Crippen molar-refractivity contribution in [1.82, 2.24) is 0 Å². The largest absolute Gasteiger partial charge is 2.00 e. The first-order valence-electron chi connectivity index (χ1n) is 11.3. The zero-order valence-corrected chi connectivity index (χ0v) is 25.9. The fraction of sp³-hybridized carbons (Fsp3) is 0.483. The van der Waals surface area contributed by atoms with Gasteiger partial charge in [-0.05, 0) is 0 Å². The summed E-state index contributed by atoms with van der Waals surface area (Å²) in [6, 6.07) is 10.0. The molecule has 0 amide bonds. The molecule has 0 aromatic heterocycles. The average Bonchev–Trinajstić information content (AvgIpc) is 3.40. The minimum Gasteiger partial charge on any atom is -1.00 e. The standard InChI is InChI=1S/2C12H19.C5H5.2ClH.Zr/c2*1-6-7-12-10(4)8(2)9(3)11(12)5;1-2-4-5-3-1;;;/h2*6-7H2,1-5H3;1-5H;2*1H;/q3*-1;;;+2/p-2. The van der Waals surface area contributed by atoms with Crippen LogP contribution in [0.1, 0.15) is 82.3 Å². The third-order valence-electron chi connectivity index (χ3n) is 6.74. The molecule has 0 radical (unpaired) electrons. The van der Waals surface area contributed by atoms with Crippen LogP contribution in [-0.4, -0.2) is 0 Å². The SMILES string of the molecule is CCC[c-]1c(C)c(C)c(C)c1C.CCC[c-]1c(C)c(C)c(C)c1C.[Cl-].[Cl-].[Zr+2].c1cc[cH-]c1. The molecule has 0 saturated heterocycles. The summed E-state index contributed by atoms with van der Waals surface area (Å²) in [5, 5.41) is 0. The number of hydrogen-bond donors (Lipinski definition) is 0. The van der Waals surface area contributed by atoms with Gasteiger partial charge < -0.3 is 24.8 Å². The molecule has 0 N–H and O–H groups in total. The molecule has 0 spiro atoms. The van der Waals surface area contributed by atoms with Crippen molar-refractivity contribution >= 4 is 0 Å². The summed E-state index contributed by atoms with van der Waals surface area (Å²) in [5.74, 6) is 0. The molecule has 0 aliphatic carbocycles.